The number of nitrogens with zero attached hydrogens (tertiary/aromatic N) is 1. The second-order valence-electron chi connectivity index (χ2n) is 10.2. The fourth-order valence-corrected chi connectivity index (χ4v) is 4.90. The molecule has 0 radical (unpaired) electrons. The number of fused-ring (bicyclic) bond motifs is 1. The first kappa shape index (κ1) is 26.9. The number of ketones is 1. The third-order valence-electron chi connectivity index (χ3n) is 6.93. The zero-order chi connectivity index (χ0) is 25.2. The molecule has 0 aliphatic carbocycles. The van der Waals surface area contributed by atoms with Gasteiger partial charge in [0.1, 0.15) is 18.0 Å². The van der Waals surface area contributed by atoms with Crippen LogP contribution in [-0.4, -0.2) is 70.7 Å². The number of Topliss-reactive ketones (excluding diaryl/α,β-unsaturated/α-hetero) is 1. The van der Waals surface area contributed by atoms with E-state index in [0.29, 0.717) is 13.0 Å². The SMILES string of the molecule is CC(=Cc1csc(C)n1)[C@H]1C[C@@H]2O[C@H]2COC[C@@H](C)[C@@H](O)[C@H](C)C(=O)C(C)(C)[C@H](O)CC(=O)O1. The summed E-state index contributed by atoms with van der Waals surface area (Å²) in [5, 5.41) is 24.4. The summed E-state index contributed by atoms with van der Waals surface area (Å²) < 4.78 is 17.3. The highest BCUT2D eigenvalue weighted by molar-refractivity contribution is 7.09. The van der Waals surface area contributed by atoms with Crippen molar-refractivity contribution in [2.45, 2.75) is 84.9 Å². The molecule has 34 heavy (non-hydrogen) atoms. The van der Waals surface area contributed by atoms with Crippen LogP contribution in [0.2, 0.25) is 0 Å². The zero-order valence-electron chi connectivity index (χ0n) is 20.8. The van der Waals surface area contributed by atoms with Crippen LogP contribution in [-0.2, 0) is 23.8 Å². The molecule has 2 aliphatic heterocycles. The molecular formula is C25H37NO7S. The first-order valence-corrected chi connectivity index (χ1v) is 12.7. The topological polar surface area (TPSA) is 118 Å². The normalized spacial score (nSPS) is 36.0. The number of ether oxygens (including phenoxy) is 3. The van der Waals surface area contributed by atoms with Gasteiger partial charge in [0, 0.05) is 23.6 Å². The fourth-order valence-electron chi connectivity index (χ4n) is 4.33. The van der Waals surface area contributed by atoms with Crippen LogP contribution in [0, 0.1) is 24.2 Å². The monoisotopic (exact) mass is 495 g/mol. The van der Waals surface area contributed by atoms with Gasteiger partial charge in [-0.05, 0) is 25.5 Å². The van der Waals surface area contributed by atoms with E-state index >= 15 is 0 Å². The Kier molecular flexibility index (Phi) is 8.68. The van der Waals surface area contributed by atoms with E-state index in [1.54, 1.807) is 32.1 Å². The van der Waals surface area contributed by atoms with Crippen molar-refractivity contribution in [1.29, 1.82) is 0 Å². The first-order valence-electron chi connectivity index (χ1n) is 11.8. The average Bonchev–Trinajstić information content (AvgIpc) is 3.38. The van der Waals surface area contributed by atoms with Crippen molar-refractivity contribution in [3.63, 3.8) is 0 Å². The fraction of sp³-hybridized carbons (Fsp3) is 0.720. The molecule has 0 amide bonds. The molecule has 0 aromatic carbocycles. The molecule has 190 valence electrons. The lowest BCUT2D eigenvalue weighted by Crippen LogP contribution is -2.46. The van der Waals surface area contributed by atoms with E-state index in [9.17, 15) is 19.8 Å². The smallest absolute Gasteiger partial charge is 0.309 e. The van der Waals surface area contributed by atoms with Crippen LogP contribution in [0.4, 0.5) is 0 Å². The molecule has 1 aromatic heterocycles. The summed E-state index contributed by atoms with van der Waals surface area (Å²) in [6, 6.07) is 0. The van der Waals surface area contributed by atoms with Crippen LogP contribution in [0.5, 0.6) is 0 Å². The van der Waals surface area contributed by atoms with Crippen molar-refractivity contribution in [2.24, 2.45) is 17.3 Å². The number of rotatable bonds is 2. The second-order valence-corrected chi connectivity index (χ2v) is 11.3. The molecule has 3 heterocycles. The van der Waals surface area contributed by atoms with E-state index < -0.39 is 35.6 Å². The van der Waals surface area contributed by atoms with Crippen LogP contribution in [0.25, 0.3) is 6.08 Å². The number of hydrogen-bond acceptors (Lipinski definition) is 9. The van der Waals surface area contributed by atoms with Gasteiger partial charge >= 0.3 is 5.97 Å². The minimum Gasteiger partial charge on any atom is -0.458 e. The number of thiazole rings is 1. The molecule has 2 fully saturated rings. The summed E-state index contributed by atoms with van der Waals surface area (Å²) in [4.78, 5) is 30.4. The number of aromatic nitrogens is 1. The minimum atomic E-state index is -1.25. The molecule has 7 atom stereocenters. The van der Waals surface area contributed by atoms with E-state index in [4.69, 9.17) is 14.2 Å². The Morgan fingerprint density at radius 3 is 2.56 bits per heavy atom. The third kappa shape index (κ3) is 6.51. The first-order chi connectivity index (χ1) is 15.9. The highest BCUT2D eigenvalue weighted by Gasteiger charge is 2.44. The van der Waals surface area contributed by atoms with Crippen LogP contribution in [0.15, 0.2) is 11.0 Å². The number of aliphatic hydroxyl groups excluding tert-OH is 2. The lowest BCUT2D eigenvalue weighted by molar-refractivity contribution is -0.154. The molecule has 0 unspecified atom stereocenters. The number of aliphatic hydroxyl groups is 2. The average molecular weight is 496 g/mol. The highest BCUT2D eigenvalue weighted by atomic mass is 32.1. The predicted octanol–water partition coefficient (Wildman–Crippen LogP) is 2.93. The number of epoxide rings is 1. The Hall–Kier alpha value is -1.65. The molecular weight excluding hydrogens is 458 g/mol. The molecule has 3 rings (SSSR count). The highest BCUT2D eigenvalue weighted by Crippen LogP contribution is 2.34. The molecule has 2 N–H and O–H groups in total. The van der Waals surface area contributed by atoms with Crippen molar-refractivity contribution >= 4 is 29.2 Å². The summed E-state index contributed by atoms with van der Waals surface area (Å²) in [7, 11) is 0. The van der Waals surface area contributed by atoms with Gasteiger partial charge in [-0.3, -0.25) is 9.59 Å². The number of carbonyl (C=O) groups is 2. The Bertz CT molecular complexity index is 911. The van der Waals surface area contributed by atoms with E-state index in [1.807, 2.05) is 32.2 Å². The van der Waals surface area contributed by atoms with Gasteiger partial charge in [-0.15, -0.1) is 11.3 Å². The number of esters is 1. The molecule has 8 nitrogen and oxygen atoms in total. The van der Waals surface area contributed by atoms with Gasteiger partial charge in [0.25, 0.3) is 0 Å². The van der Waals surface area contributed by atoms with Crippen molar-refractivity contribution in [3.8, 4) is 0 Å². The molecule has 0 bridgehead atoms. The van der Waals surface area contributed by atoms with Crippen molar-refractivity contribution in [2.75, 3.05) is 13.2 Å². The maximum absolute atomic E-state index is 13.1. The Morgan fingerprint density at radius 2 is 1.91 bits per heavy atom. The minimum absolute atomic E-state index is 0.114. The van der Waals surface area contributed by atoms with Crippen molar-refractivity contribution < 1.29 is 34.0 Å². The summed E-state index contributed by atoms with van der Waals surface area (Å²) in [6.07, 6.45) is -0.942. The lowest BCUT2D eigenvalue weighted by atomic mass is 9.73. The Labute approximate surface area is 205 Å². The molecule has 2 aliphatic rings. The zero-order valence-corrected chi connectivity index (χ0v) is 21.6. The predicted molar refractivity (Wildman–Crippen MR) is 128 cm³/mol. The van der Waals surface area contributed by atoms with Crippen molar-refractivity contribution in [1.82, 2.24) is 4.98 Å². The van der Waals surface area contributed by atoms with Crippen LogP contribution >= 0.6 is 11.3 Å². The second kappa shape index (κ2) is 11.0. The van der Waals surface area contributed by atoms with E-state index in [0.717, 1.165) is 16.3 Å². The van der Waals surface area contributed by atoms with Gasteiger partial charge in [-0.1, -0.05) is 27.7 Å². The number of aryl methyl sites for hydroxylation is 1. The van der Waals surface area contributed by atoms with E-state index in [-0.39, 0.29) is 36.9 Å². The standard InChI is InChI=1S/C25H37NO7S/c1-13(7-17-12-34-16(4)26-17)18-8-19-20(32-19)11-31-10-14(2)23(29)15(3)24(30)25(5,6)21(27)9-22(28)33-18/h7,12,14-15,18-21,23,27,29H,8-11H2,1-6H3/t14-,15+,18-,19+,20+,21-,23-/m1/s1. The number of carbonyl (C=O) groups excluding carboxylic acids is 2. The van der Waals surface area contributed by atoms with Crippen molar-refractivity contribution in [3.05, 3.63) is 21.7 Å². The van der Waals surface area contributed by atoms with E-state index in [1.165, 1.54) is 0 Å². The molecule has 0 spiro atoms. The van der Waals surface area contributed by atoms with E-state index in [2.05, 4.69) is 4.98 Å². The third-order valence-corrected chi connectivity index (χ3v) is 7.72. The van der Waals surface area contributed by atoms with Crippen LogP contribution < -0.4 is 0 Å². The van der Waals surface area contributed by atoms with Crippen LogP contribution in [0.3, 0.4) is 0 Å². The summed E-state index contributed by atoms with van der Waals surface area (Å²) >= 11 is 1.54. The molecule has 1 aromatic rings. The Morgan fingerprint density at radius 1 is 1.21 bits per heavy atom. The van der Waals surface area contributed by atoms with Gasteiger partial charge in [0.15, 0.2) is 0 Å². The molecule has 9 heteroatoms. The maximum atomic E-state index is 13.1. The summed E-state index contributed by atoms with van der Waals surface area (Å²) in [6.45, 7) is 11.1. The molecule has 2 saturated heterocycles. The largest absolute Gasteiger partial charge is 0.458 e. The van der Waals surface area contributed by atoms with Gasteiger partial charge in [-0.2, -0.15) is 0 Å². The number of cyclic esters (lactones) is 1. The van der Waals surface area contributed by atoms with Crippen LogP contribution in [0.1, 0.15) is 58.2 Å². The quantitative estimate of drug-likeness (QED) is 0.475. The van der Waals surface area contributed by atoms with Gasteiger partial charge in [0.05, 0.1) is 54.1 Å². The van der Waals surface area contributed by atoms with Gasteiger partial charge < -0.3 is 24.4 Å². The lowest BCUT2D eigenvalue weighted by Gasteiger charge is -2.34. The summed E-state index contributed by atoms with van der Waals surface area (Å²) in [5.41, 5.74) is 0.387. The van der Waals surface area contributed by atoms with Gasteiger partial charge in [-0.25, -0.2) is 4.98 Å². The summed E-state index contributed by atoms with van der Waals surface area (Å²) in [5.74, 6) is -1.91. The molecule has 0 saturated carbocycles. The maximum Gasteiger partial charge on any atom is 0.309 e. The van der Waals surface area contributed by atoms with Gasteiger partial charge in [0.2, 0.25) is 0 Å². The Balaban J connectivity index is 1.81. The number of hydrogen-bond donors (Lipinski definition) is 2.